The van der Waals surface area contributed by atoms with Gasteiger partial charge in [-0.3, -0.25) is 19.6 Å². The maximum Gasteiger partial charge on any atom is 0.322 e. The highest BCUT2D eigenvalue weighted by Gasteiger charge is 2.44. The molecule has 0 unspecified atom stereocenters. The number of aromatic nitrogens is 2. The monoisotopic (exact) mass is 577 g/mol. The number of amides is 1. The number of benzene rings is 1. The minimum absolute atomic E-state index is 0.0734. The number of ether oxygens (including phenoxy) is 1. The van der Waals surface area contributed by atoms with Crippen LogP contribution in [0.1, 0.15) is 73.3 Å². The highest BCUT2D eigenvalue weighted by molar-refractivity contribution is 7.93. The molecule has 2 saturated carbocycles. The quantitative estimate of drug-likeness (QED) is 0.444. The minimum Gasteiger partial charge on any atom is -0.468 e. The fraction of sp³-hybridized carbons (Fsp3) is 0.556. The van der Waals surface area contributed by atoms with Gasteiger partial charge in [-0.2, -0.15) is 0 Å². The van der Waals surface area contributed by atoms with Gasteiger partial charge in [0, 0.05) is 43.7 Å². The Morgan fingerprint density at radius 1 is 1.07 bits per heavy atom. The third-order valence-corrected chi connectivity index (χ3v) is 9.37. The summed E-state index contributed by atoms with van der Waals surface area (Å²) in [5.74, 6) is -4.90. The first-order valence-electron chi connectivity index (χ1n) is 13.4. The number of hydrogen-bond acceptors (Lipinski definition) is 8. The number of hydrogen-bond donors (Lipinski definition) is 2. The number of piperidine rings is 1. The standard InChI is InChI=1S/C27H33F2N5O5S/c1-39-23(35)17-40(37,38)33-19-2-3-20(22(16-19)34-14-11-26(9-10-26)12-15-34)24(36)32-25-30-13-6-21(31-25)18-4-7-27(28,29)8-5-18/h2-3,6,13,16,18,33H,4-5,7-12,14-15,17H2,1H3,(H,30,31,32,36). The molecule has 0 bridgehead atoms. The second kappa shape index (κ2) is 10.9. The first-order valence-corrected chi connectivity index (χ1v) is 15.1. The van der Waals surface area contributed by atoms with Crippen LogP contribution >= 0.6 is 0 Å². The molecule has 13 heteroatoms. The molecule has 1 spiro atoms. The molecule has 0 radical (unpaired) electrons. The average molecular weight is 578 g/mol. The summed E-state index contributed by atoms with van der Waals surface area (Å²) in [6.07, 6.45) is 6.11. The van der Waals surface area contributed by atoms with E-state index >= 15 is 0 Å². The van der Waals surface area contributed by atoms with Crippen molar-refractivity contribution >= 4 is 39.2 Å². The van der Waals surface area contributed by atoms with Crippen molar-refractivity contribution in [1.29, 1.82) is 0 Å². The number of nitrogens with one attached hydrogen (secondary N) is 2. The van der Waals surface area contributed by atoms with Gasteiger partial charge in [-0.15, -0.1) is 0 Å². The van der Waals surface area contributed by atoms with Crippen LogP contribution in [0.2, 0.25) is 0 Å². The number of esters is 1. The summed E-state index contributed by atoms with van der Waals surface area (Å²) < 4.78 is 59.0. The molecule has 216 valence electrons. The van der Waals surface area contributed by atoms with Crippen molar-refractivity contribution in [3.63, 3.8) is 0 Å². The molecule has 1 amide bonds. The molecule has 3 aliphatic rings. The topological polar surface area (TPSA) is 131 Å². The molecule has 1 aromatic heterocycles. The van der Waals surface area contributed by atoms with Gasteiger partial charge in [0.1, 0.15) is 0 Å². The number of halogens is 2. The lowest BCUT2D eigenvalue weighted by molar-refractivity contribution is -0.137. The van der Waals surface area contributed by atoms with E-state index in [0.717, 1.165) is 33.0 Å². The summed E-state index contributed by atoms with van der Waals surface area (Å²) in [5.41, 5.74) is 2.08. The van der Waals surface area contributed by atoms with Crippen LogP contribution in [0.25, 0.3) is 0 Å². The molecule has 3 fully saturated rings. The summed E-state index contributed by atoms with van der Waals surface area (Å²) in [5, 5.41) is 2.73. The Bertz CT molecular complexity index is 1380. The lowest BCUT2D eigenvalue weighted by Gasteiger charge is -2.35. The predicted molar refractivity (Wildman–Crippen MR) is 145 cm³/mol. The summed E-state index contributed by atoms with van der Waals surface area (Å²) in [6.45, 7) is 1.44. The molecule has 0 atom stereocenters. The molecule has 5 rings (SSSR count). The fourth-order valence-electron chi connectivity index (χ4n) is 5.54. The number of sulfonamides is 1. The van der Waals surface area contributed by atoms with Gasteiger partial charge >= 0.3 is 5.97 Å². The zero-order valence-electron chi connectivity index (χ0n) is 22.3. The molecule has 40 heavy (non-hydrogen) atoms. The molecule has 1 saturated heterocycles. The van der Waals surface area contributed by atoms with Crippen LogP contribution in [-0.2, 0) is 19.6 Å². The second-order valence-electron chi connectivity index (χ2n) is 11.0. The Kier molecular flexibility index (Phi) is 7.68. The van der Waals surface area contributed by atoms with E-state index in [1.807, 2.05) is 0 Å². The van der Waals surface area contributed by atoms with Gasteiger partial charge in [0.05, 0.1) is 24.0 Å². The van der Waals surface area contributed by atoms with Crippen molar-refractivity contribution < 1.29 is 31.5 Å². The summed E-state index contributed by atoms with van der Waals surface area (Å²) in [6, 6.07) is 6.26. The molecule has 2 heterocycles. The van der Waals surface area contributed by atoms with E-state index in [0.29, 0.717) is 35.2 Å². The van der Waals surface area contributed by atoms with Gasteiger partial charge < -0.3 is 9.64 Å². The maximum atomic E-state index is 13.6. The Hall–Kier alpha value is -3.35. The number of carbonyl (C=O) groups excluding carboxylic acids is 2. The largest absolute Gasteiger partial charge is 0.468 e. The number of anilines is 3. The Balaban J connectivity index is 1.36. The van der Waals surface area contributed by atoms with Crippen LogP contribution in [-0.4, -0.2) is 62.1 Å². The normalized spacial score (nSPS) is 20.1. The van der Waals surface area contributed by atoms with Crippen LogP contribution in [0, 0.1) is 5.41 Å². The smallest absolute Gasteiger partial charge is 0.322 e. The molecule has 1 aliphatic heterocycles. The van der Waals surface area contributed by atoms with Crippen molar-refractivity contribution in [2.75, 3.05) is 40.9 Å². The van der Waals surface area contributed by atoms with Gasteiger partial charge in [0.15, 0.2) is 5.75 Å². The van der Waals surface area contributed by atoms with Crippen LogP contribution in [0.15, 0.2) is 30.5 Å². The van der Waals surface area contributed by atoms with Crippen molar-refractivity contribution in [2.45, 2.75) is 63.2 Å². The average Bonchev–Trinajstić information content (AvgIpc) is 3.67. The molecule has 2 aromatic rings. The zero-order valence-corrected chi connectivity index (χ0v) is 23.1. The third kappa shape index (κ3) is 6.68. The summed E-state index contributed by atoms with van der Waals surface area (Å²) in [4.78, 5) is 35.6. The van der Waals surface area contributed by atoms with Gasteiger partial charge in [-0.05, 0) is 68.2 Å². The van der Waals surface area contributed by atoms with Crippen molar-refractivity contribution in [1.82, 2.24) is 9.97 Å². The molecule has 2 N–H and O–H groups in total. The number of nitrogens with zero attached hydrogens (tertiary/aromatic N) is 3. The SMILES string of the molecule is COC(=O)CS(=O)(=O)Nc1ccc(C(=O)Nc2nccc(C3CCC(F)(F)CC3)n2)c(N2CCC3(CC2)CC3)c1. The van der Waals surface area contributed by atoms with Crippen molar-refractivity contribution in [2.24, 2.45) is 5.41 Å². The highest BCUT2D eigenvalue weighted by atomic mass is 32.2. The van der Waals surface area contributed by atoms with Crippen LogP contribution in [0.3, 0.4) is 0 Å². The number of carbonyl (C=O) groups is 2. The first-order chi connectivity index (χ1) is 19.0. The maximum absolute atomic E-state index is 13.6. The van der Waals surface area contributed by atoms with Crippen molar-refractivity contribution in [3.05, 3.63) is 41.7 Å². The van der Waals surface area contributed by atoms with E-state index in [1.165, 1.54) is 31.2 Å². The number of methoxy groups -OCH3 is 1. The van der Waals surface area contributed by atoms with Crippen molar-refractivity contribution in [3.8, 4) is 0 Å². The fourth-order valence-corrected chi connectivity index (χ4v) is 6.53. The van der Waals surface area contributed by atoms with Gasteiger partial charge in [-0.1, -0.05) is 0 Å². The molecular formula is C27H33F2N5O5S. The predicted octanol–water partition coefficient (Wildman–Crippen LogP) is 4.32. The first kappa shape index (κ1) is 28.2. The second-order valence-corrected chi connectivity index (χ2v) is 12.8. The lowest BCUT2D eigenvalue weighted by atomic mass is 9.85. The van der Waals surface area contributed by atoms with Gasteiger partial charge in [-0.25, -0.2) is 27.2 Å². The molecule has 2 aliphatic carbocycles. The molecular weight excluding hydrogens is 544 g/mol. The van der Waals surface area contributed by atoms with Crippen LogP contribution in [0.5, 0.6) is 0 Å². The summed E-state index contributed by atoms with van der Waals surface area (Å²) >= 11 is 0. The van der Waals surface area contributed by atoms with Gasteiger partial charge in [0.25, 0.3) is 5.91 Å². The van der Waals surface area contributed by atoms with E-state index in [4.69, 9.17) is 0 Å². The Morgan fingerprint density at radius 3 is 2.42 bits per heavy atom. The minimum atomic E-state index is -4.02. The zero-order chi connectivity index (χ0) is 28.5. The van der Waals surface area contributed by atoms with Gasteiger partial charge in [0.2, 0.25) is 21.9 Å². The van der Waals surface area contributed by atoms with Crippen LogP contribution < -0.4 is 14.9 Å². The van der Waals surface area contributed by atoms with E-state index in [-0.39, 0.29) is 30.4 Å². The van der Waals surface area contributed by atoms with E-state index in [2.05, 4.69) is 29.6 Å². The van der Waals surface area contributed by atoms with Crippen LogP contribution in [0.4, 0.5) is 26.1 Å². The molecule has 1 aromatic carbocycles. The lowest BCUT2D eigenvalue weighted by Crippen LogP contribution is -2.36. The van der Waals surface area contributed by atoms with E-state index in [1.54, 1.807) is 12.1 Å². The summed E-state index contributed by atoms with van der Waals surface area (Å²) in [7, 11) is -2.91. The van der Waals surface area contributed by atoms with E-state index in [9.17, 15) is 26.8 Å². The molecule has 10 nitrogen and oxygen atoms in total. The third-order valence-electron chi connectivity index (χ3n) is 8.21. The number of alkyl halides is 2. The number of rotatable bonds is 8. The Labute approximate surface area is 232 Å². The van der Waals surface area contributed by atoms with E-state index < -0.39 is 33.6 Å². The Morgan fingerprint density at radius 2 is 1.77 bits per heavy atom. The highest BCUT2D eigenvalue weighted by Crippen LogP contribution is 2.54.